The first-order chi connectivity index (χ1) is 10.8. The van der Waals surface area contributed by atoms with Gasteiger partial charge in [-0.3, -0.25) is 14.5 Å². The Bertz CT molecular complexity index is 677. The summed E-state index contributed by atoms with van der Waals surface area (Å²) in [6.45, 7) is 10.7. The number of hydrogen-bond acceptors (Lipinski definition) is 4. The summed E-state index contributed by atoms with van der Waals surface area (Å²) < 4.78 is 1.99. The minimum atomic E-state index is -0.158. The van der Waals surface area contributed by atoms with Crippen LogP contribution in [-0.2, 0) is 6.54 Å². The van der Waals surface area contributed by atoms with Gasteiger partial charge in [-0.1, -0.05) is 0 Å². The molecule has 2 aromatic heterocycles. The number of carbonyl (C=O) groups is 1. The van der Waals surface area contributed by atoms with E-state index in [-0.39, 0.29) is 18.0 Å². The molecule has 0 unspecified atom stereocenters. The van der Waals surface area contributed by atoms with Crippen LogP contribution in [0.15, 0.2) is 24.4 Å². The van der Waals surface area contributed by atoms with Crippen LogP contribution in [0.25, 0.3) is 0 Å². The van der Waals surface area contributed by atoms with Crippen molar-refractivity contribution in [2.45, 2.75) is 53.2 Å². The molecule has 2 rings (SSSR count). The van der Waals surface area contributed by atoms with Crippen molar-refractivity contribution in [3.05, 3.63) is 41.5 Å². The van der Waals surface area contributed by atoms with E-state index in [2.05, 4.69) is 33.7 Å². The summed E-state index contributed by atoms with van der Waals surface area (Å²) in [6.07, 6.45) is 1.65. The molecule has 0 aromatic carbocycles. The predicted octanol–water partition coefficient (Wildman–Crippen LogP) is 2.53. The molecule has 2 aromatic rings. The summed E-state index contributed by atoms with van der Waals surface area (Å²) >= 11 is 0. The lowest BCUT2D eigenvalue weighted by atomic mass is 10.2. The number of pyridine rings is 1. The number of rotatable bonds is 6. The van der Waals surface area contributed by atoms with E-state index in [0.29, 0.717) is 5.69 Å². The fourth-order valence-corrected chi connectivity index (χ4v) is 2.43. The van der Waals surface area contributed by atoms with Crippen LogP contribution < -0.4 is 10.6 Å². The number of nitrogens with zero attached hydrogens (tertiary/aromatic N) is 3. The first-order valence-electron chi connectivity index (χ1n) is 7.89. The summed E-state index contributed by atoms with van der Waals surface area (Å²) in [4.78, 5) is 16.1. The molecule has 1 atom stereocenters. The van der Waals surface area contributed by atoms with Crippen molar-refractivity contribution in [2.24, 2.45) is 0 Å². The fraction of sp³-hybridized carbons (Fsp3) is 0.471. The Morgan fingerprint density at radius 1 is 1.26 bits per heavy atom. The molecule has 0 spiro atoms. The second-order valence-electron chi connectivity index (χ2n) is 6.21. The zero-order valence-electron chi connectivity index (χ0n) is 14.4. The second kappa shape index (κ2) is 7.26. The Morgan fingerprint density at radius 3 is 2.61 bits per heavy atom. The van der Waals surface area contributed by atoms with E-state index in [1.165, 1.54) is 0 Å². The normalized spacial score (nSPS) is 12.3. The van der Waals surface area contributed by atoms with E-state index in [4.69, 9.17) is 0 Å². The molecule has 6 heteroatoms. The van der Waals surface area contributed by atoms with E-state index in [1.807, 2.05) is 38.4 Å². The van der Waals surface area contributed by atoms with E-state index in [9.17, 15) is 4.79 Å². The summed E-state index contributed by atoms with van der Waals surface area (Å²) in [5.74, 6) is -0.158. The Labute approximate surface area is 137 Å². The standard InChI is InChI=1S/C17H25N5O/c1-11(2)19-17(23)16-9-15(6-7-18-16)20-13(4)10-22-14(5)8-12(3)21-22/h6-9,11,13H,10H2,1-5H3,(H,18,20)(H,19,23)/t13-/m0/s1. The van der Waals surface area contributed by atoms with E-state index in [0.717, 1.165) is 23.6 Å². The molecule has 23 heavy (non-hydrogen) atoms. The smallest absolute Gasteiger partial charge is 0.270 e. The number of carbonyl (C=O) groups excluding carboxylic acids is 1. The number of nitrogens with one attached hydrogen (secondary N) is 2. The number of hydrogen-bond donors (Lipinski definition) is 2. The van der Waals surface area contributed by atoms with Crippen LogP contribution in [0.4, 0.5) is 5.69 Å². The van der Waals surface area contributed by atoms with Gasteiger partial charge in [0.2, 0.25) is 0 Å². The molecule has 0 fully saturated rings. The fourth-order valence-electron chi connectivity index (χ4n) is 2.43. The van der Waals surface area contributed by atoms with Gasteiger partial charge >= 0.3 is 0 Å². The minimum absolute atomic E-state index is 0.0888. The lowest BCUT2D eigenvalue weighted by Gasteiger charge is -2.17. The highest BCUT2D eigenvalue weighted by Gasteiger charge is 2.11. The van der Waals surface area contributed by atoms with Crippen LogP contribution in [-0.4, -0.2) is 32.8 Å². The molecule has 0 radical (unpaired) electrons. The van der Waals surface area contributed by atoms with E-state index in [1.54, 1.807) is 12.3 Å². The van der Waals surface area contributed by atoms with Gasteiger partial charge in [0.05, 0.1) is 12.2 Å². The van der Waals surface area contributed by atoms with Gasteiger partial charge in [-0.15, -0.1) is 0 Å². The molecule has 0 saturated carbocycles. The van der Waals surface area contributed by atoms with Gasteiger partial charge in [0.25, 0.3) is 5.91 Å². The average molecular weight is 315 g/mol. The van der Waals surface area contributed by atoms with Crippen molar-refractivity contribution >= 4 is 11.6 Å². The monoisotopic (exact) mass is 315 g/mol. The van der Waals surface area contributed by atoms with Gasteiger partial charge in [-0.25, -0.2) is 0 Å². The largest absolute Gasteiger partial charge is 0.381 e. The summed E-state index contributed by atoms with van der Waals surface area (Å²) in [5, 5.41) is 10.7. The van der Waals surface area contributed by atoms with Crippen LogP contribution in [0.2, 0.25) is 0 Å². The third kappa shape index (κ3) is 4.81. The minimum Gasteiger partial charge on any atom is -0.381 e. The number of anilines is 1. The molecule has 2 N–H and O–H groups in total. The van der Waals surface area contributed by atoms with E-state index < -0.39 is 0 Å². The maximum absolute atomic E-state index is 12.0. The molecule has 0 bridgehead atoms. The quantitative estimate of drug-likeness (QED) is 0.859. The van der Waals surface area contributed by atoms with Crippen molar-refractivity contribution < 1.29 is 4.79 Å². The van der Waals surface area contributed by atoms with E-state index >= 15 is 0 Å². The van der Waals surface area contributed by atoms with Crippen molar-refractivity contribution in [2.75, 3.05) is 5.32 Å². The molecule has 1 amide bonds. The first-order valence-corrected chi connectivity index (χ1v) is 7.89. The molecule has 0 saturated heterocycles. The number of aromatic nitrogens is 3. The highest BCUT2D eigenvalue weighted by Crippen LogP contribution is 2.11. The van der Waals surface area contributed by atoms with Crippen molar-refractivity contribution in [3.8, 4) is 0 Å². The predicted molar refractivity (Wildman–Crippen MR) is 91.6 cm³/mol. The molecule has 124 valence electrons. The van der Waals surface area contributed by atoms with Crippen molar-refractivity contribution in [1.29, 1.82) is 0 Å². The van der Waals surface area contributed by atoms with Crippen LogP contribution >= 0.6 is 0 Å². The summed E-state index contributed by atoms with van der Waals surface area (Å²) in [5.41, 5.74) is 3.46. The van der Waals surface area contributed by atoms with Crippen LogP contribution in [0, 0.1) is 13.8 Å². The topological polar surface area (TPSA) is 71.8 Å². The van der Waals surface area contributed by atoms with Crippen LogP contribution in [0.3, 0.4) is 0 Å². The molecule has 6 nitrogen and oxygen atoms in total. The molecular weight excluding hydrogens is 290 g/mol. The van der Waals surface area contributed by atoms with Gasteiger partial charge < -0.3 is 10.6 Å². The SMILES string of the molecule is Cc1cc(C)n(C[C@H](C)Nc2ccnc(C(=O)NC(C)C)c2)n1. The molecular formula is C17H25N5O. The van der Waals surface area contributed by atoms with Crippen molar-refractivity contribution in [3.63, 3.8) is 0 Å². The molecule has 0 aliphatic rings. The lowest BCUT2D eigenvalue weighted by Crippen LogP contribution is -2.31. The van der Waals surface area contributed by atoms with Crippen LogP contribution in [0.1, 0.15) is 42.6 Å². The number of aryl methyl sites for hydroxylation is 2. The van der Waals surface area contributed by atoms with Gasteiger partial charge in [0.15, 0.2) is 0 Å². The molecule has 0 aliphatic carbocycles. The average Bonchev–Trinajstić information content (AvgIpc) is 2.76. The maximum atomic E-state index is 12.0. The van der Waals surface area contributed by atoms with Gasteiger partial charge in [-0.05, 0) is 52.8 Å². The third-order valence-electron chi connectivity index (χ3n) is 3.38. The van der Waals surface area contributed by atoms with Gasteiger partial charge in [0, 0.05) is 29.7 Å². The van der Waals surface area contributed by atoms with Crippen molar-refractivity contribution in [1.82, 2.24) is 20.1 Å². The molecule has 2 heterocycles. The Morgan fingerprint density at radius 2 is 2.00 bits per heavy atom. The van der Waals surface area contributed by atoms with Gasteiger partial charge in [-0.2, -0.15) is 5.10 Å². The second-order valence-corrected chi connectivity index (χ2v) is 6.21. The lowest BCUT2D eigenvalue weighted by molar-refractivity contribution is 0.0938. The zero-order chi connectivity index (χ0) is 17.0. The Hall–Kier alpha value is -2.37. The maximum Gasteiger partial charge on any atom is 0.270 e. The Kier molecular flexibility index (Phi) is 5.36. The third-order valence-corrected chi connectivity index (χ3v) is 3.38. The number of amides is 1. The Balaban J connectivity index is 2.02. The van der Waals surface area contributed by atoms with Crippen LogP contribution in [0.5, 0.6) is 0 Å². The summed E-state index contributed by atoms with van der Waals surface area (Å²) in [6, 6.07) is 5.97. The summed E-state index contributed by atoms with van der Waals surface area (Å²) in [7, 11) is 0. The highest BCUT2D eigenvalue weighted by atomic mass is 16.1. The highest BCUT2D eigenvalue weighted by molar-refractivity contribution is 5.93. The molecule has 0 aliphatic heterocycles. The first kappa shape index (κ1) is 17.0. The van der Waals surface area contributed by atoms with Gasteiger partial charge in [0.1, 0.15) is 5.69 Å². The zero-order valence-corrected chi connectivity index (χ0v) is 14.4.